The predicted molar refractivity (Wildman–Crippen MR) is 248 cm³/mol. The monoisotopic (exact) mass is 755 g/mol. The molecule has 3 aromatic heterocycles. The number of para-hydroxylation sites is 3. The van der Waals surface area contributed by atoms with Gasteiger partial charge in [0.15, 0.2) is 5.82 Å². The standard InChI is InChI=1S/C54H33N3S/c1-58-52-27-23-34(33-22-25-40-38-14-3-2-12-36(38)37-13-4-5-15-39(37)45(40)30-33)31-47(52)44-28-29-55-54(53(44)58)57-50-21-11-8-18-43(50)46-32-35(24-26-51(46)57)56-48-19-9-6-16-41(48)42-17-7-10-20-49(42)56/h2-32H,1H2. The Balaban J connectivity index is 0.981. The van der Waals surface area contributed by atoms with Crippen molar-refractivity contribution in [2.45, 2.75) is 9.79 Å². The van der Waals surface area contributed by atoms with Crippen molar-refractivity contribution in [3.8, 4) is 33.8 Å². The van der Waals surface area contributed by atoms with Gasteiger partial charge < -0.3 is 4.57 Å². The number of hydrogen-bond acceptors (Lipinski definition) is 1. The second-order valence-electron chi connectivity index (χ2n) is 15.4. The Morgan fingerprint density at radius 1 is 0.379 bits per heavy atom. The van der Waals surface area contributed by atoms with Crippen LogP contribution in [0.3, 0.4) is 0 Å². The summed E-state index contributed by atoms with van der Waals surface area (Å²) < 4.78 is 4.77. The van der Waals surface area contributed by atoms with Gasteiger partial charge in [0, 0.05) is 43.9 Å². The Labute approximate surface area is 336 Å². The number of pyridine rings is 1. The van der Waals surface area contributed by atoms with E-state index in [-0.39, 0.29) is 0 Å². The molecule has 9 aromatic carbocycles. The van der Waals surface area contributed by atoms with Gasteiger partial charge in [0.25, 0.3) is 0 Å². The van der Waals surface area contributed by atoms with Crippen molar-refractivity contribution in [3.05, 3.63) is 188 Å². The minimum Gasteiger partial charge on any atom is -0.309 e. The summed E-state index contributed by atoms with van der Waals surface area (Å²) in [6.45, 7) is 0. The Morgan fingerprint density at radius 2 is 0.879 bits per heavy atom. The molecule has 4 heterocycles. The maximum absolute atomic E-state index is 5.17. The fourth-order valence-electron chi connectivity index (χ4n) is 9.91. The van der Waals surface area contributed by atoms with Crippen molar-refractivity contribution in [3.63, 3.8) is 0 Å². The lowest BCUT2D eigenvalue weighted by atomic mass is 9.91. The minimum atomic E-state index is -0.424. The van der Waals surface area contributed by atoms with E-state index in [2.05, 4.69) is 191 Å². The third kappa shape index (κ3) is 4.30. The Hall–Kier alpha value is -7.27. The van der Waals surface area contributed by atoms with Crippen LogP contribution in [-0.2, 0) is 0 Å². The van der Waals surface area contributed by atoms with Gasteiger partial charge in [-0.25, -0.2) is 4.98 Å². The van der Waals surface area contributed by atoms with Crippen LogP contribution in [0.2, 0.25) is 0 Å². The van der Waals surface area contributed by atoms with Gasteiger partial charge in [-0.05, 0) is 110 Å². The molecule has 4 heteroatoms. The fraction of sp³-hybridized carbons (Fsp3) is 0. The Bertz CT molecular complexity index is 3680. The highest BCUT2D eigenvalue weighted by Crippen LogP contribution is 2.55. The smallest absolute Gasteiger partial charge is 0.151 e. The first-order chi connectivity index (χ1) is 28.7. The van der Waals surface area contributed by atoms with Gasteiger partial charge in [-0.1, -0.05) is 127 Å². The van der Waals surface area contributed by atoms with E-state index in [9.17, 15) is 0 Å². The number of rotatable bonds is 3. The lowest BCUT2D eigenvalue weighted by Gasteiger charge is -2.13. The molecule has 270 valence electrons. The summed E-state index contributed by atoms with van der Waals surface area (Å²) in [6.07, 6.45) is 1.98. The van der Waals surface area contributed by atoms with Crippen LogP contribution in [0.4, 0.5) is 0 Å². The van der Waals surface area contributed by atoms with Crippen LogP contribution in [0.1, 0.15) is 0 Å². The lowest BCUT2D eigenvalue weighted by molar-refractivity contribution is 1.03. The molecule has 58 heavy (non-hydrogen) atoms. The van der Waals surface area contributed by atoms with Crippen LogP contribution in [0.15, 0.2) is 198 Å². The molecule has 0 amide bonds. The Kier molecular flexibility index (Phi) is 6.53. The molecule has 0 fully saturated rings. The van der Waals surface area contributed by atoms with Gasteiger partial charge in [-0.15, -0.1) is 10.5 Å². The van der Waals surface area contributed by atoms with E-state index in [4.69, 9.17) is 10.9 Å². The first-order valence-corrected chi connectivity index (χ1v) is 21.1. The van der Waals surface area contributed by atoms with Crippen LogP contribution in [0.5, 0.6) is 0 Å². The third-order valence-electron chi connectivity index (χ3n) is 12.5. The maximum Gasteiger partial charge on any atom is 0.151 e. The Morgan fingerprint density at radius 3 is 1.53 bits per heavy atom. The summed E-state index contributed by atoms with van der Waals surface area (Å²) in [5.41, 5.74) is 10.7. The molecule has 0 saturated carbocycles. The van der Waals surface area contributed by atoms with E-state index in [1.54, 1.807) is 0 Å². The lowest BCUT2D eigenvalue weighted by Crippen LogP contribution is -2.00. The van der Waals surface area contributed by atoms with Crippen LogP contribution in [0, 0.1) is 0 Å². The molecule has 0 radical (unpaired) electrons. The average Bonchev–Trinajstić information content (AvgIpc) is 3.91. The molecule has 1 atom stereocenters. The second-order valence-corrected chi connectivity index (χ2v) is 17.0. The first kappa shape index (κ1) is 31.9. The molecule has 0 saturated heterocycles. The van der Waals surface area contributed by atoms with Crippen molar-refractivity contribution >= 4 is 92.3 Å². The largest absolute Gasteiger partial charge is 0.309 e. The van der Waals surface area contributed by atoms with E-state index < -0.39 is 10.5 Å². The molecule has 0 N–H and O–H groups in total. The van der Waals surface area contributed by atoms with Gasteiger partial charge in [0.05, 0.1) is 27.0 Å². The average molecular weight is 756 g/mol. The molecular formula is C54H33N3S. The number of aromatic nitrogens is 3. The molecule has 1 aliphatic heterocycles. The van der Waals surface area contributed by atoms with E-state index >= 15 is 0 Å². The van der Waals surface area contributed by atoms with Gasteiger partial charge >= 0.3 is 0 Å². The summed E-state index contributed by atoms with van der Waals surface area (Å²) in [6, 6.07) is 66.8. The van der Waals surface area contributed by atoms with E-state index in [1.807, 2.05) is 6.20 Å². The maximum atomic E-state index is 5.17. The quantitative estimate of drug-likeness (QED) is 0.130. The van der Waals surface area contributed by atoms with Gasteiger partial charge in [0.1, 0.15) is 0 Å². The summed E-state index contributed by atoms with van der Waals surface area (Å²) >= 11 is 0. The second kappa shape index (κ2) is 11.9. The predicted octanol–water partition coefficient (Wildman–Crippen LogP) is 14.5. The van der Waals surface area contributed by atoms with Crippen molar-refractivity contribution in [1.82, 2.24) is 14.1 Å². The zero-order valence-corrected chi connectivity index (χ0v) is 32.2. The summed E-state index contributed by atoms with van der Waals surface area (Å²) in [5, 5.41) is 12.7. The highest BCUT2D eigenvalue weighted by Gasteiger charge is 2.28. The van der Waals surface area contributed by atoms with Crippen LogP contribution in [0.25, 0.3) is 110 Å². The SMILES string of the molecule is C=S1c2ccc(-c3ccc4c5ccccc5c5ccccc5c4c3)cc2-c2ccnc(-n3c4ccccc4c4cc(-n5c6ccccc6c6ccccc65)ccc43)c21. The van der Waals surface area contributed by atoms with Crippen molar-refractivity contribution in [2.75, 3.05) is 0 Å². The number of fused-ring (bicyclic) bond motifs is 15. The van der Waals surface area contributed by atoms with Crippen LogP contribution >= 0.6 is 10.5 Å². The van der Waals surface area contributed by atoms with Crippen molar-refractivity contribution < 1.29 is 0 Å². The molecule has 1 unspecified atom stereocenters. The summed E-state index contributed by atoms with van der Waals surface area (Å²) in [5.74, 6) is 5.79. The van der Waals surface area contributed by atoms with E-state index in [0.29, 0.717) is 0 Å². The highest BCUT2D eigenvalue weighted by molar-refractivity contribution is 8.14. The molecule has 0 spiro atoms. The van der Waals surface area contributed by atoms with Crippen LogP contribution in [-0.4, -0.2) is 20.0 Å². The van der Waals surface area contributed by atoms with Gasteiger partial charge in [0.2, 0.25) is 0 Å². The third-order valence-corrected chi connectivity index (χ3v) is 14.2. The number of nitrogens with zero attached hydrogens (tertiary/aromatic N) is 3. The molecule has 1 aliphatic rings. The fourth-order valence-corrected chi connectivity index (χ4v) is 11.6. The van der Waals surface area contributed by atoms with Gasteiger partial charge in [-0.3, -0.25) is 4.57 Å². The highest BCUT2D eigenvalue weighted by atomic mass is 32.2. The number of hydrogen-bond donors (Lipinski definition) is 0. The summed E-state index contributed by atoms with van der Waals surface area (Å²) in [4.78, 5) is 7.63. The zero-order chi connectivity index (χ0) is 38.1. The van der Waals surface area contributed by atoms with E-state index in [0.717, 1.165) is 22.5 Å². The summed E-state index contributed by atoms with van der Waals surface area (Å²) in [7, 11) is -0.424. The zero-order valence-electron chi connectivity index (χ0n) is 31.4. The van der Waals surface area contributed by atoms with Crippen molar-refractivity contribution in [2.24, 2.45) is 0 Å². The molecule has 12 aromatic rings. The number of benzene rings is 9. The van der Waals surface area contributed by atoms with E-state index in [1.165, 1.54) is 96.9 Å². The molecular weight excluding hydrogens is 723 g/mol. The normalized spacial score (nSPS) is 13.8. The molecule has 0 bridgehead atoms. The molecule has 13 rings (SSSR count). The van der Waals surface area contributed by atoms with Crippen LogP contribution < -0.4 is 0 Å². The van der Waals surface area contributed by atoms with Gasteiger partial charge in [-0.2, -0.15) is 0 Å². The topological polar surface area (TPSA) is 22.8 Å². The molecule has 0 aliphatic carbocycles. The van der Waals surface area contributed by atoms with Crippen molar-refractivity contribution in [1.29, 1.82) is 0 Å². The minimum absolute atomic E-state index is 0.424. The first-order valence-electron chi connectivity index (χ1n) is 19.7. The molecule has 3 nitrogen and oxygen atoms in total.